The van der Waals surface area contributed by atoms with Gasteiger partial charge >= 0.3 is 66.7 Å². The number of phosphoric acid groups is 1. The van der Waals surface area contributed by atoms with E-state index in [1.165, 1.54) is 42.4 Å². The first kappa shape index (κ1) is 106. The number of carbonyl (C=O) groups excluding carboxylic acids is 3. The number of carbonyl (C=O) groups is 3. The Balaban J connectivity index is 0.000000299. The van der Waals surface area contributed by atoms with Crippen molar-refractivity contribution in [3.63, 3.8) is 0 Å². The third kappa shape index (κ3) is 29.4. The van der Waals surface area contributed by atoms with Crippen molar-refractivity contribution in [2.75, 3.05) is 29.3 Å². The molecule has 0 aliphatic heterocycles. The zero-order valence-corrected chi connectivity index (χ0v) is 83.4. The van der Waals surface area contributed by atoms with Crippen LogP contribution in [0.1, 0.15) is 206 Å². The van der Waals surface area contributed by atoms with E-state index in [-0.39, 0.29) is 160 Å². The Hall–Kier alpha value is -8.23. The summed E-state index contributed by atoms with van der Waals surface area (Å²) in [5.74, 6) is -1.42. The molecule has 124 heavy (non-hydrogen) atoms. The van der Waals surface area contributed by atoms with E-state index in [9.17, 15) is 52.8 Å². The van der Waals surface area contributed by atoms with E-state index in [0.29, 0.717) is 74.2 Å². The molecule has 0 fully saturated rings. The van der Waals surface area contributed by atoms with Gasteiger partial charge in [0.15, 0.2) is 8.38 Å². The van der Waals surface area contributed by atoms with Gasteiger partial charge in [-0.05, 0) is 126 Å². The summed E-state index contributed by atoms with van der Waals surface area (Å²) < 4.78 is 52.8. The maximum Gasteiger partial charge on any atom is 1.00 e. The van der Waals surface area contributed by atoms with Crippen molar-refractivity contribution < 1.29 is 141 Å². The Kier molecular flexibility index (Phi) is 38.1. The predicted molar refractivity (Wildman–Crippen MR) is 486 cm³/mol. The quantitative estimate of drug-likeness (QED) is 0.0225. The normalized spacial score (nSPS) is 12.2. The van der Waals surface area contributed by atoms with Crippen molar-refractivity contribution in [3.05, 3.63) is 324 Å². The molecule has 7 N–H and O–H groups in total. The number of benzene rings is 9. The van der Waals surface area contributed by atoms with Gasteiger partial charge in [0.05, 0.1) is 19.8 Å². The molecule has 1 atom stereocenters. The molecule has 0 radical (unpaired) electrons. The maximum absolute atomic E-state index is 13.5. The van der Waals surface area contributed by atoms with Gasteiger partial charge in [0.1, 0.15) is 41.8 Å². The van der Waals surface area contributed by atoms with E-state index < -0.39 is 57.8 Å². The minimum atomic E-state index is -5.35. The largest absolute Gasteiger partial charge is 1.00 e. The predicted octanol–water partition coefficient (Wildman–Crippen LogP) is 15.3. The standard InChI is InChI=1S/C32H37N2O5P.C24H29N2O6P.C24H28N2O3.C15H17O2P.CH3.2Na.Pd/c1-31(2,3)24-17-25(32(4,5)6)28(39-40(7,37)38-20-21-13-9-8-10-14-21)18-27(24)34-30(36)23-19-33-26-16-12-11-15-22(26)29(23)35;1-23(2,3)16-11-17(24(4,5)6)20(32-33(29,30)31)12-19(16)26-22(28)15-13-25-18-10-8-7-9-14(18)21(15)27;1-23(2,3)16-11-17(24(4,5)6)20(27)12-19(16)26-22(29)15-13-25-18-10-8-7-9-14(18)21(15)28;1-18(16-12-14-8-4-2-5-9-14)17-13-15-10-6-3-7-11-15;;;;/h8-19H,20H2,1-7H3,(H,33,35)(H,34,36);7-13H,1-6H3,(H,25,27)(H,26,28)(H2,29,30,31);7-13,27H,1-6H3,(H,25,28)(H,26,29);2-11H,12-13H2,1H3;1H3;;;/q;;;;-1;2*+1;/p-2. The number of aromatic nitrogens is 3. The van der Waals surface area contributed by atoms with Crippen molar-refractivity contribution in [2.45, 2.75) is 177 Å². The molecular weight excluding hydrogens is 1740 g/mol. The number of nitrogens with one attached hydrogen (secondary N) is 6. The number of fused-ring (bicyclic) bond motifs is 3. The fourth-order valence-corrected chi connectivity index (χ4v) is 15.1. The molecule has 0 spiro atoms. The van der Waals surface area contributed by atoms with Gasteiger partial charge in [-0.15, -0.1) is 0 Å². The summed E-state index contributed by atoms with van der Waals surface area (Å²) in [5.41, 5.74) is 7.47. The monoisotopic (exact) mass is 1850 g/mol. The third-order valence-electron chi connectivity index (χ3n) is 19.4. The molecule has 0 saturated carbocycles. The van der Waals surface area contributed by atoms with Crippen molar-refractivity contribution in [1.29, 1.82) is 0 Å². The minimum absolute atomic E-state index is 0. The van der Waals surface area contributed by atoms with Gasteiger partial charge in [-0.1, -0.05) is 252 Å². The molecule has 12 aromatic rings. The van der Waals surface area contributed by atoms with Crippen LogP contribution < -0.4 is 110 Å². The van der Waals surface area contributed by atoms with Gasteiger partial charge in [0, 0.05) is 131 Å². The van der Waals surface area contributed by atoms with Crippen LogP contribution in [0, 0.1) is 7.43 Å². The molecule has 12 rings (SSSR count). The molecule has 22 nitrogen and oxygen atoms in total. The molecule has 3 heterocycles. The maximum atomic E-state index is 13.5. The van der Waals surface area contributed by atoms with E-state index >= 15 is 0 Å². The Bertz CT molecular complexity index is 5940. The van der Waals surface area contributed by atoms with Crippen molar-refractivity contribution in [3.8, 4) is 17.2 Å². The zero-order valence-electron chi connectivity index (χ0n) is 75.1. The Labute approximate surface area is 787 Å². The second-order valence-electron chi connectivity index (χ2n) is 35.4. The first-order chi connectivity index (χ1) is 56.0. The molecule has 28 heteroatoms. The number of aromatic amines is 3. The number of amides is 3. The summed E-state index contributed by atoms with van der Waals surface area (Å²) in [5, 5.41) is 20.3. The number of phosphoric ester groups is 1. The Morgan fingerprint density at radius 1 is 0.395 bits per heavy atom. The number of pyridine rings is 3. The van der Waals surface area contributed by atoms with Crippen LogP contribution in [0.15, 0.2) is 233 Å². The SMILES string of the molecule is CC(C)(C)c1cc(C(C)(C)C)c(NC(=O)c2c[nH]c3ccccc3c2=O)cc1O.CC(C)(C)c1cc(C(C)(C)C)c(OP(=O)([O-])[O-])cc1NC(=O)c1c[nH]c2ccccc2c1=O.CC(C)(C)c1cc(C(C)(C)C)c(OP(C)(=O)OCc2ccccc2)cc1NC(=O)c1c[nH]c2ccccc2c1=O.CP(OCc1ccccc1)OCc1ccccc1.[CH3-].[Na+].[Na+].[Pd]. The van der Waals surface area contributed by atoms with E-state index in [0.717, 1.165) is 27.8 Å². The zero-order chi connectivity index (χ0) is 88.3. The van der Waals surface area contributed by atoms with Crippen molar-refractivity contribution >= 4 is 91.3 Å². The van der Waals surface area contributed by atoms with E-state index in [1.54, 1.807) is 78.9 Å². The van der Waals surface area contributed by atoms with Gasteiger partial charge in [-0.2, -0.15) is 0 Å². The Morgan fingerprint density at radius 2 is 0.661 bits per heavy atom. The fraction of sp³-hybridized carbons (Fsp3) is 0.302. The molecular formula is C96H112N6Na2O16P3Pd-. The number of para-hydroxylation sites is 3. The van der Waals surface area contributed by atoms with E-state index in [1.807, 2.05) is 222 Å². The summed E-state index contributed by atoms with van der Waals surface area (Å²) in [7, 11) is -9.73. The summed E-state index contributed by atoms with van der Waals surface area (Å²) in [4.78, 5) is 110. The summed E-state index contributed by atoms with van der Waals surface area (Å²) in [6.07, 6.45) is 4.19. The molecule has 0 aliphatic rings. The molecule has 1 unspecified atom stereocenters. The van der Waals surface area contributed by atoms with Crippen molar-refractivity contribution in [1.82, 2.24) is 15.0 Å². The van der Waals surface area contributed by atoms with Crippen molar-refractivity contribution in [2.24, 2.45) is 0 Å². The summed E-state index contributed by atoms with van der Waals surface area (Å²) in [6, 6.07) is 60.9. The van der Waals surface area contributed by atoms with E-state index in [4.69, 9.17) is 22.6 Å². The summed E-state index contributed by atoms with van der Waals surface area (Å²) in [6.45, 7) is 40.6. The second kappa shape index (κ2) is 44.5. The molecule has 0 bridgehead atoms. The van der Waals surface area contributed by atoms with Gasteiger partial charge < -0.3 is 75.9 Å². The third-order valence-corrected chi connectivity index (χ3v) is 21.9. The van der Waals surface area contributed by atoms with Crippen LogP contribution in [0.4, 0.5) is 17.1 Å². The molecule has 0 aliphatic carbocycles. The van der Waals surface area contributed by atoms with Crippen LogP contribution >= 0.6 is 23.8 Å². The van der Waals surface area contributed by atoms with Gasteiger partial charge in [0.2, 0.25) is 16.3 Å². The van der Waals surface area contributed by atoms with Gasteiger partial charge in [0.25, 0.3) is 17.7 Å². The molecule has 3 aromatic heterocycles. The van der Waals surface area contributed by atoms with Crippen LogP contribution in [-0.4, -0.2) is 51.1 Å². The van der Waals surface area contributed by atoms with Gasteiger partial charge in [-0.25, -0.2) is 4.57 Å². The molecule has 3 amide bonds. The number of hydrogen-bond donors (Lipinski definition) is 7. The number of H-pyrrole nitrogens is 3. The van der Waals surface area contributed by atoms with Crippen LogP contribution in [0.3, 0.4) is 0 Å². The number of hydrogen-bond acceptors (Lipinski definition) is 16. The van der Waals surface area contributed by atoms with Gasteiger partial charge in [-0.3, -0.25) is 33.3 Å². The van der Waals surface area contributed by atoms with Crippen LogP contribution in [0.2, 0.25) is 0 Å². The first-order valence-electron chi connectivity index (χ1n) is 39.2. The second-order valence-corrected chi connectivity index (χ2v) is 39.9. The minimum Gasteiger partial charge on any atom is -0.780 e. The fourth-order valence-electron chi connectivity index (χ4n) is 13.0. The van der Waals surface area contributed by atoms with E-state index in [2.05, 4.69) is 55.2 Å². The number of phenolic OH excluding ortho intramolecular Hbond substituents is 1. The topological polar surface area (TPSA) is 333 Å². The number of rotatable bonds is 19. The average molecular weight is 1850 g/mol. The first-order valence-corrected chi connectivity index (χ1v) is 44.3. The Morgan fingerprint density at radius 3 is 0.960 bits per heavy atom. The summed E-state index contributed by atoms with van der Waals surface area (Å²) >= 11 is 0. The molecule has 9 aromatic carbocycles. The smallest absolute Gasteiger partial charge is 0.780 e. The van der Waals surface area contributed by atoms with Crippen LogP contribution in [-0.2, 0) is 95.4 Å². The van der Waals surface area contributed by atoms with Crippen LogP contribution in [0.5, 0.6) is 17.2 Å². The molecule has 650 valence electrons. The molecule has 0 saturated heterocycles. The van der Waals surface area contributed by atoms with Crippen LogP contribution in [0.25, 0.3) is 32.7 Å². The number of anilines is 3. The number of aromatic hydroxyl groups is 1. The number of phenols is 1. The average Bonchev–Trinajstić information content (AvgIpc) is 0.767.